The molecule has 0 radical (unpaired) electrons. The van der Waals surface area contributed by atoms with Crippen LogP contribution in [0.25, 0.3) is 0 Å². The number of halogens is 1. The Morgan fingerprint density at radius 3 is 0.880 bits per heavy atom. The molecular weight excluding hydrogens is 739 g/mol. The molecule has 0 aromatic heterocycles. The van der Waals surface area contributed by atoms with Gasteiger partial charge in [0, 0.05) is 3.57 Å². The molecule has 4 aliphatic carbocycles. The second kappa shape index (κ2) is 13.3. The van der Waals surface area contributed by atoms with Crippen LogP contribution < -0.4 is 0 Å². The van der Waals surface area contributed by atoms with E-state index in [9.17, 15) is 14.4 Å². The summed E-state index contributed by atoms with van der Waals surface area (Å²) in [6, 6.07) is 33.5. The van der Waals surface area contributed by atoms with E-state index in [2.05, 4.69) is 83.3 Å². The molecule has 0 aliphatic heterocycles. The van der Waals surface area contributed by atoms with E-state index in [1.54, 1.807) is 0 Å². The largest absolute Gasteiger partial charge is 0.462 e. The van der Waals surface area contributed by atoms with Gasteiger partial charge in [-0.1, -0.05) is 48.5 Å². The summed E-state index contributed by atoms with van der Waals surface area (Å²) in [5.41, 5.74) is 5.98. The minimum Gasteiger partial charge on any atom is -0.462 e. The lowest BCUT2D eigenvalue weighted by atomic mass is 9.32. The second-order valence-electron chi connectivity index (χ2n) is 14.6. The SMILES string of the molecule is CCOC(=O)c1ccc(C23CC4(c5ccc(I)cc5)CC(c5ccc(C(=O)OCC)cc5)(C2)CC(c2ccc(C(=O)OCC)cc2)(C4)C3)cc1. The fourth-order valence-electron chi connectivity index (χ4n) is 10.2. The molecule has 0 amide bonds. The van der Waals surface area contributed by atoms with Crippen molar-refractivity contribution in [2.75, 3.05) is 19.8 Å². The first kappa shape index (κ1) is 34.5. The van der Waals surface area contributed by atoms with Crippen LogP contribution in [0.5, 0.6) is 0 Å². The molecule has 258 valence electrons. The lowest BCUT2D eigenvalue weighted by Crippen LogP contribution is -2.67. The fraction of sp³-hybridized carbons (Fsp3) is 0.372. The van der Waals surface area contributed by atoms with E-state index in [1.807, 2.05) is 57.2 Å². The minimum absolute atomic E-state index is 0.140. The summed E-state index contributed by atoms with van der Waals surface area (Å²) in [7, 11) is 0. The van der Waals surface area contributed by atoms with Gasteiger partial charge in [-0.2, -0.15) is 0 Å². The molecule has 0 heterocycles. The molecule has 0 atom stereocenters. The third-order valence-electron chi connectivity index (χ3n) is 11.5. The van der Waals surface area contributed by atoms with Gasteiger partial charge in [0.25, 0.3) is 0 Å². The molecule has 0 unspecified atom stereocenters. The van der Waals surface area contributed by atoms with Crippen LogP contribution in [0, 0.1) is 3.57 Å². The third kappa shape index (κ3) is 5.95. The maximum Gasteiger partial charge on any atom is 0.338 e. The first-order chi connectivity index (χ1) is 24.1. The molecule has 0 saturated heterocycles. The van der Waals surface area contributed by atoms with Crippen molar-refractivity contribution in [2.45, 2.75) is 81.0 Å². The predicted molar refractivity (Wildman–Crippen MR) is 201 cm³/mol. The van der Waals surface area contributed by atoms with E-state index in [4.69, 9.17) is 14.2 Å². The third-order valence-corrected chi connectivity index (χ3v) is 12.3. The number of rotatable bonds is 10. The van der Waals surface area contributed by atoms with Gasteiger partial charge >= 0.3 is 17.9 Å². The average molecular weight is 783 g/mol. The Kier molecular flexibility index (Phi) is 9.16. The van der Waals surface area contributed by atoms with E-state index >= 15 is 0 Å². The highest BCUT2D eigenvalue weighted by Gasteiger charge is 2.69. The zero-order chi connectivity index (χ0) is 35.1. The van der Waals surface area contributed by atoms with Crippen LogP contribution >= 0.6 is 22.6 Å². The van der Waals surface area contributed by atoms with Gasteiger partial charge < -0.3 is 14.2 Å². The predicted octanol–water partition coefficient (Wildman–Crippen LogP) is 9.25. The zero-order valence-corrected chi connectivity index (χ0v) is 31.1. The summed E-state index contributed by atoms with van der Waals surface area (Å²) >= 11 is 2.38. The fourth-order valence-corrected chi connectivity index (χ4v) is 10.5. The number of ether oxygens (including phenoxy) is 3. The summed E-state index contributed by atoms with van der Waals surface area (Å²) in [6.45, 7) is 6.46. The molecule has 4 aromatic carbocycles. The van der Waals surface area contributed by atoms with Gasteiger partial charge in [-0.25, -0.2) is 14.4 Å². The topological polar surface area (TPSA) is 78.9 Å². The number of carbonyl (C=O) groups excluding carboxylic acids is 3. The smallest absolute Gasteiger partial charge is 0.338 e. The Morgan fingerprint density at radius 1 is 0.440 bits per heavy atom. The second-order valence-corrected chi connectivity index (χ2v) is 15.8. The maximum atomic E-state index is 12.7. The minimum atomic E-state index is -0.309. The Morgan fingerprint density at radius 2 is 0.660 bits per heavy atom. The number of esters is 3. The van der Waals surface area contributed by atoms with Crippen molar-refractivity contribution in [1.82, 2.24) is 0 Å². The number of carbonyl (C=O) groups is 3. The normalized spacial score (nSPS) is 26.3. The zero-order valence-electron chi connectivity index (χ0n) is 28.9. The van der Waals surface area contributed by atoms with Crippen LogP contribution in [0.15, 0.2) is 97.1 Å². The van der Waals surface area contributed by atoms with Crippen molar-refractivity contribution < 1.29 is 28.6 Å². The maximum absolute atomic E-state index is 12.7. The Bertz CT molecular complexity index is 1700. The summed E-state index contributed by atoms with van der Waals surface area (Å²) in [4.78, 5) is 38.1. The van der Waals surface area contributed by atoms with E-state index in [1.165, 1.54) is 25.8 Å². The monoisotopic (exact) mass is 782 g/mol. The van der Waals surface area contributed by atoms with E-state index in [0.29, 0.717) is 36.5 Å². The quantitative estimate of drug-likeness (QED) is 0.0908. The van der Waals surface area contributed by atoms with Gasteiger partial charge in [0.1, 0.15) is 0 Å². The molecule has 0 spiro atoms. The molecule has 6 nitrogen and oxygen atoms in total. The molecule has 50 heavy (non-hydrogen) atoms. The Balaban J connectivity index is 1.42. The van der Waals surface area contributed by atoms with E-state index < -0.39 is 0 Å². The van der Waals surface area contributed by atoms with Crippen molar-refractivity contribution in [3.05, 3.63) is 140 Å². The molecule has 4 aromatic rings. The Hall–Kier alpha value is -3.98. The molecule has 4 fully saturated rings. The van der Waals surface area contributed by atoms with Crippen molar-refractivity contribution in [3.63, 3.8) is 0 Å². The van der Waals surface area contributed by atoms with E-state index in [-0.39, 0.29) is 39.6 Å². The molecule has 7 heteroatoms. The van der Waals surface area contributed by atoms with Gasteiger partial charge in [-0.3, -0.25) is 0 Å². The van der Waals surface area contributed by atoms with Crippen LogP contribution in [-0.4, -0.2) is 37.7 Å². The van der Waals surface area contributed by atoms with Crippen molar-refractivity contribution >= 4 is 40.5 Å². The molecule has 0 N–H and O–H groups in total. The summed E-state index contributed by atoms with van der Waals surface area (Å²) in [5.74, 6) is -0.927. The molecule has 4 bridgehead atoms. The van der Waals surface area contributed by atoms with E-state index in [0.717, 1.165) is 38.5 Å². The van der Waals surface area contributed by atoms with Crippen LogP contribution in [0.4, 0.5) is 0 Å². The van der Waals surface area contributed by atoms with Crippen LogP contribution in [-0.2, 0) is 35.9 Å². The van der Waals surface area contributed by atoms with Gasteiger partial charge in [0.05, 0.1) is 36.5 Å². The molecule has 8 rings (SSSR count). The highest BCUT2D eigenvalue weighted by Crippen LogP contribution is 2.74. The molecular formula is C43H43IO6. The highest BCUT2D eigenvalue weighted by molar-refractivity contribution is 14.1. The van der Waals surface area contributed by atoms with Crippen molar-refractivity contribution in [1.29, 1.82) is 0 Å². The van der Waals surface area contributed by atoms with Crippen molar-refractivity contribution in [3.8, 4) is 0 Å². The number of hydrogen-bond donors (Lipinski definition) is 0. The van der Waals surface area contributed by atoms with Crippen LogP contribution in [0.3, 0.4) is 0 Å². The van der Waals surface area contributed by atoms with Gasteiger partial charge in [0.2, 0.25) is 0 Å². The van der Waals surface area contributed by atoms with Crippen LogP contribution in [0.1, 0.15) is 113 Å². The highest BCUT2D eigenvalue weighted by atomic mass is 127. The lowest BCUT2D eigenvalue weighted by molar-refractivity contribution is -0.0692. The number of benzene rings is 4. The van der Waals surface area contributed by atoms with Crippen LogP contribution in [0.2, 0.25) is 0 Å². The van der Waals surface area contributed by atoms with Gasteiger partial charge in [-0.15, -0.1) is 0 Å². The standard InChI is InChI=1S/C43H43IO6/c1-4-48-37(45)29-7-13-32(14-8-29)40-23-41(33-15-9-30(10-16-33)38(46)49-5-2)25-42(24-40,34-17-11-31(12-18-34)39(47)50-6-3)28-43(26-40,27-41)35-19-21-36(44)22-20-35/h7-22H,4-6,23-28H2,1-3H3. The Labute approximate surface area is 308 Å². The summed E-state index contributed by atoms with van der Waals surface area (Å²) < 4.78 is 17.2. The number of hydrogen-bond acceptors (Lipinski definition) is 6. The first-order valence-electron chi connectivity index (χ1n) is 17.7. The van der Waals surface area contributed by atoms with Gasteiger partial charge in [0.15, 0.2) is 0 Å². The lowest BCUT2D eigenvalue weighted by Gasteiger charge is -2.71. The van der Waals surface area contributed by atoms with Gasteiger partial charge in [-0.05, 0) is 174 Å². The summed E-state index contributed by atoms with van der Waals surface area (Å²) in [5, 5.41) is 0. The molecule has 4 aliphatic rings. The summed E-state index contributed by atoms with van der Waals surface area (Å²) in [6.07, 6.45) is 5.82. The molecule has 4 saturated carbocycles. The first-order valence-corrected chi connectivity index (χ1v) is 18.8. The van der Waals surface area contributed by atoms with Crippen molar-refractivity contribution in [2.24, 2.45) is 0 Å². The average Bonchev–Trinajstić information content (AvgIpc) is 3.12.